The highest BCUT2D eigenvalue weighted by molar-refractivity contribution is 5.37. The molecule has 5 nitrogen and oxygen atoms in total. The van der Waals surface area contributed by atoms with Crippen molar-refractivity contribution in [1.29, 1.82) is 0 Å². The van der Waals surface area contributed by atoms with E-state index in [0.717, 1.165) is 31.7 Å². The Morgan fingerprint density at radius 1 is 1.56 bits per heavy atom. The standard InChI is InChI=1S/C11H18N4O/c1-2-15-11(16)6-5-10(13-15)14-7-3-4-9(12)8-14/h5-6,9H,2-4,7-8,12H2,1H3. The van der Waals surface area contributed by atoms with Crippen LogP contribution in [-0.2, 0) is 6.54 Å². The number of piperidine rings is 1. The third kappa shape index (κ3) is 2.24. The summed E-state index contributed by atoms with van der Waals surface area (Å²) in [5.74, 6) is 0.858. The zero-order valence-corrected chi connectivity index (χ0v) is 9.59. The second-order valence-electron chi connectivity index (χ2n) is 4.19. The maximum atomic E-state index is 11.4. The van der Waals surface area contributed by atoms with Crippen LogP contribution in [0.5, 0.6) is 0 Å². The fraction of sp³-hybridized carbons (Fsp3) is 0.636. The van der Waals surface area contributed by atoms with Crippen LogP contribution in [0.3, 0.4) is 0 Å². The molecule has 1 saturated heterocycles. The largest absolute Gasteiger partial charge is 0.354 e. The Labute approximate surface area is 94.9 Å². The molecule has 0 spiro atoms. The lowest BCUT2D eigenvalue weighted by atomic mass is 10.1. The van der Waals surface area contributed by atoms with E-state index in [9.17, 15) is 4.79 Å². The second kappa shape index (κ2) is 4.65. The summed E-state index contributed by atoms with van der Waals surface area (Å²) in [4.78, 5) is 13.6. The van der Waals surface area contributed by atoms with Gasteiger partial charge in [-0.1, -0.05) is 0 Å². The molecule has 0 amide bonds. The number of anilines is 1. The van der Waals surface area contributed by atoms with E-state index >= 15 is 0 Å². The molecule has 1 aliphatic rings. The molecule has 2 rings (SSSR count). The van der Waals surface area contributed by atoms with Gasteiger partial charge in [0.15, 0.2) is 0 Å². The van der Waals surface area contributed by atoms with Crippen molar-refractivity contribution in [3.05, 3.63) is 22.5 Å². The van der Waals surface area contributed by atoms with Gasteiger partial charge < -0.3 is 10.6 Å². The Bertz CT molecular complexity index is 415. The van der Waals surface area contributed by atoms with Crippen molar-refractivity contribution >= 4 is 5.82 Å². The maximum absolute atomic E-state index is 11.4. The summed E-state index contributed by atoms with van der Waals surface area (Å²) in [6.45, 7) is 4.32. The lowest BCUT2D eigenvalue weighted by Crippen LogP contribution is -2.43. The van der Waals surface area contributed by atoms with Gasteiger partial charge >= 0.3 is 0 Å². The quantitative estimate of drug-likeness (QED) is 0.776. The molecule has 5 heteroatoms. The first-order valence-electron chi connectivity index (χ1n) is 5.79. The molecule has 0 bridgehead atoms. The van der Waals surface area contributed by atoms with Crippen molar-refractivity contribution < 1.29 is 0 Å². The van der Waals surface area contributed by atoms with Crippen LogP contribution in [0.1, 0.15) is 19.8 Å². The van der Waals surface area contributed by atoms with Crippen LogP contribution < -0.4 is 16.2 Å². The van der Waals surface area contributed by atoms with E-state index < -0.39 is 0 Å². The molecular weight excluding hydrogens is 204 g/mol. The molecule has 1 atom stereocenters. The van der Waals surface area contributed by atoms with Crippen molar-refractivity contribution in [2.45, 2.75) is 32.4 Å². The normalized spacial score (nSPS) is 21.1. The fourth-order valence-corrected chi connectivity index (χ4v) is 2.05. The average molecular weight is 222 g/mol. The molecular formula is C11H18N4O. The number of nitrogens with two attached hydrogens (primary N) is 1. The first-order chi connectivity index (χ1) is 7.70. The number of hydrogen-bond donors (Lipinski definition) is 1. The monoisotopic (exact) mass is 222 g/mol. The van der Waals surface area contributed by atoms with Gasteiger partial charge in [0.25, 0.3) is 5.56 Å². The predicted octanol–water partition coefficient (Wildman–Crippen LogP) is 0.191. The van der Waals surface area contributed by atoms with Crippen molar-refractivity contribution in [2.24, 2.45) is 5.73 Å². The SMILES string of the molecule is CCn1nc(N2CCCC(N)C2)ccc1=O. The van der Waals surface area contributed by atoms with Gasteiger partial charge in [-0.05, 0) is 25.8 Å². The van der Waals surface area contributed by atoms with Gasteiger partial charge in [-0.25, -0.2) is 4.68 Å². The molecule has 1 aliphatic heterocycles. The van der Waals surface area contributed by atoms with Gasteiger partial charge in [0.1, 0.15) is 5.82 Å². The van der Waals surface area contributed by atoms with Gasteiger partial charge in [0, 0.05) is 31.7 Å². The molecule has 0 aliphatic carbocycles. The summed E-state index contributed by atoms with van der Waals surface area (Å²) in [6, 6.07) is 3.58. The lowest BCUT2D eigenvalue weighted by molar-refractivity contribution is 0.495. The van der Waals surface area contributed by atoms with Crippen molar-refractivity contribution in [1.82, 2.24) is 9.78 Å². The zero-order valence-electron chi connectivity index (χ0n) is 9.59. The van der Waals surface area contributed by atoms with Gasteiger partial charge in [-0.2, -0.15) is 5.10 Å². The minimum Gasteiger partial charge on any atom is -0.354 e. The summed E-state index contributed by atoms with van der Waals surface area (Å²) in [7, 11) is 0. The maximum Gasteiger partial charge on any atom is 0.266 e. The summed E-state index contributed by atoms with van der Waals surface area (Å²) in [6.07, 6.45) is 2.16. The molecule has 1 aromatic heterocycles. The fourth-order valence-electron chi connectivity index (χ4n) is 2.05. The smallest absolute Gasteiger partial charge is 0.266 e. The molecule has 88 valence electrons. The first kappa shape index (κ1) is 11.1. The highest BCUT2D eigenvalue weighted by Crippen LogP contribution is 2.15. The lowest BCUT2D eigenvalue weighted by Gasteiger charge is -2.31. The van der Waals surface area contributed by atoms with Crippen LogP contribution in [0, 0.1) is 0 Å². The van der Waals surface area contributed by atoms with Crippen LogP contribution in [0.4, 0.5) is 5.82 Å². The number of aryl methyl sites for hydroxylation is 1. The summed E-state index contributed by atoms with van der Waals surface area (Å²) in [5, 5.41) is 4.32. The Morgan fingerprint density at radius 3 is 3.06 bits per heavy atom. The minimum absolute atomic E-state index is 0.0486. The Morgan fingerprint density at radius 2 is 2.38 bits per heavy atom. The van der Waals surface area contributed by atoms with Crippen LogP contribution in [-0.4, -0.2) is 28.9 Å². The summed E-state index contributed by atoms with van der Waals surface area (Å²) in [5.41, 5.74) is 5.88. The number of hydrogen-bond acceptors (Lipinski definition) is 4. The van der Waals surface area contributed by atoms with Crippen LogP contribution in [0.2, 0.25) is 0 Å². The van der Waals surface area contributed by atoms with E-state index in [1.54, 1.807) is 12.1 Å². The molecule has 0 aromatic carbocycles. The van der Waals surface area contributed by atoms with Crippen LogP contribution in [0.15, 0.2) is 16.9 Å². The number of rotatable bonds is 2. The third-order valence-corrected chi connectivity index (χ3v) is 2.93. The van der Waals surface area contributed by atoms with E-state index in [4.69, 9.17) is 5.73 Å². The van der Waals surface area contributed by atoms with Gasteiger partial charge in [0.2, 0.25) is 0 Å². The minimum atomic E-state index is -0.0486. The van der Waals surface area contributed by atoms with Crippen molar-refractivity contribution in [3.8, 4) is 0 Å². The number of aromatic nitrogens is 2. The Kier molecular flexibility index (Phi) is 3.24. The van der Waals surface area contributed by atoms with Crippen molar-refractivity contribution in [2.75, 3.05) is 18.0 Å². The molecule has 16 heavy (non-hydrogen) atoms. The highest BCUT2D eigenvalue weighted by Gasteiger charge is 2.18. The van der Waals surface area contributed by atoms with Crippen LogP contribution >= 0.6 is 0 Å². The topological polar surface area (TPSA) is 64.2 Å². The number of nitrogens with zero attached hydrogens (tertiary/aromatic N) is 3. The van der Waals surface area contributed by atoms with E-state index in [0.29, 0.717) is 6.54 Å². The third-order valence-electron chi connectivity index (χ3n) is 2.93. The van der Waals surface area contributed by atoms with E-state index in [1.807, 2.05) is 6.92 Å². The molecule has 0 saturated carbocycles. The summed E-state index contributed by atoms with van der Waals surface area (Å²) < 4.78 is 1.48. The van der Waals surface area contributed by atoms with Crippen molar-refractivity contribution in [3.63, 3.8) is 0 Å². The second-order valence-corrected chi connectivity index (χ2v) is 4.19. The van der Waals surface area contributed by atoms with Gasteiger partial charge in [-0.3, -0.25) is 4.79 Å². The molecule has 1 aromatic rings. The predicted molar refractivity (Wildman–Crippen MR) is 63.6 cm³/mol. The first-order valence-corrected chi connectivity index (χ1v) is 5.79. The molecule has 1 unspecified atom stereocenters. The Balaban J connectivity index is 2.23. The highest BCUT2D eigenvalue weighted by atomic mass is 16.1. The summed E-state index contributed by atoms with van der Waals surface area (Å²) >= 11 is 0. The molecule has 2 heterocycles. The Hall–Kier alpha value is -1.36. The molecule has 2 N–H and O–H groups in total. The van der Waals surface area contributed by atoms with E-state index in [1.165, 1.54) is 4.68 Å². The van der Waals surface area contributed by atoms with E-state index in [2.05, 4.69) is 10.00 Å². The molecule has 0 radical (unpaired) electrons. The van der Waals surface area contributed by atoms with Crippen LogP contribution in [0.25, 0.3) is 0 Å². The van der Waals surface area contributed by atoms with E-state index in [-0.39, 0.29) is 11.6 Å². The molecule has 1 fully saturated rings. The van der Waals surface area contributed by atoms with Gasteiger partial charge in [0.05, 0.1) is 0 Å². The van der Waals surface area contributed by atoms with Gasteiger partial charge in [-0.15, -0.1) is 0 Å². The zero-order chi connectivity index (χ0) is 11.5. The average Bonchev–Trinajstić information content (AvgIpc) is 2.29.